The van der Waals surface area contributed by atoms with Crippen molar-refractivity contribution in [3.05, 3.63) is 39.5 Å². The maximum Gasteiger partial charge on any atom is 0.342 e. The van der Waals surface area contributed by atoms with Crippen LogP contribution in [-0.2, 0) is 29.0 Å². The molecule has 1 aromatic carbocycles. The Morgan fingerprint density at radius 2 is 1.96 bits per heavy atom. The van der Waals surface area contributed by atoms with Crippen LogP contribution in [-0.4, -0.2) is 22.2 Å². The van der Waals surface area contributed by atoms with Gasteiger partial charge in [0.1, 0.15) is 17.9 Å². The lowest BCUT2D eigenvalue weighted by Crippen LogP contribution is -2.19. The molecule has 0 bridgehead atoms. The molecule has 140 valence electrons. The Morgan fingerprint density at radius 1 is 1.27 bits per heavy atom. The van der Waals surface area contributed by atoms with Gasteiger partial charge in [-0.1, -0.05) is 25.0 Å². The number of carbonyl (C=O) groups excluding carboxylic acids is 1. The number of hydrogen-bond donors (Lipinski definition) is 2. The second-order valence-electron chi connectivity index (χ2n) is 7.35. The third kappa shape index (κ3) is 3.00. The fraction of sp³-hybridized carbons (Fsp3) is 0.524. The average molecular weight is 358 g/mol. The van der Waals surface area contributed by atoms with Crippen molar-refractivity contribution in [1.29, 1.82) is 0 Å². The van der Waals surface area contributed by atoms with Gasteiger partial charge in [0.2, 0.25) is 0 Å². The van der Waals surface area contributed by atoms with Gasteiger partial charge >= 0.3 is 11.9 Å². The quantitative estimate of drug-likeness (QED) is 0.615. The minimum atomic E-state index is -0.728. The molecule has 1 saturated carbocycles. The van der Waals surface area contributed by atoms with E-state index in [1.165, 1.54) is 0 Å². The Balaban J connectivity index is 1.95. The number of cyclic esters (lactones) is 1. The van der Waals surface area contributed by atoms with E-state index in [1.54, 1.807) is 0 Å². The summed E-state index contributed by atoms with van der Waals surface area (Å²) in [5, 5.41) is 20.1. The zero-order valence-corrected chi connectivity index (χ0v) is 15.6. The number of carboxylic acids is 1. The zero-order chi connectivity index (χ0) is 19.0. The Morgan fingerprint density at radius 3 is 2.62 bits per heavy atom. The fourth-order valence-electron chi connectivity index (χ4n) is 4.56. The van der Waals surface area contributed by atoms with Gasteiger partial charge < -0.3 is 14.9 Å². The monoisotopic (exact) mass is 358 g/mol. The fourth-order valence-corrected chi connectivity index (χ4v) is 4.56. The molecule has 2 aliphatic rings. The maximum absolute atomic E-state index is 12.0. The van der Waals surface area contributed by atoms with Crippen molar-refractivity contribution in [2.24, 2.45) is 11.8 Å². The van der Waals surface area contributed by atoms with Crippen LogP contribution in [0.3, 0.4) is 0 Å². The first-order chi connectivity index (χ1) is 12.4. The predicted octanol–water partition coefficient (Wildman–Crippen LogP) is 3.92. The highest BCUT2D eigenvalue weighted by molar-refractivity contribution is 5.97. The molecule has 1 aromatic rings. The van der Waals surface area contributed by atoms with E-state index in [0.29, 0.717) is 12.0 Å². The van der Waals surface area contributed by atoms with Gasteiger partial charge in [0.25, 0.3) is 0 Å². The van der Waals surface area contributed by atoms with Gasteiger partial charge in [-0.15, -0.1) is 0 Å². The van der Waals surface area contributed by atoms with E-state index in [4.69, 9.17) is 4.74 Å². The number of hydrogen-bond acceptors (Lipinski definition) is 4. The number of carbonyl (C=O) groups is 2. The summed E-state index contributed by atoms with van der Waals surface area (Å²) in [6.07, 6.45) is 5.81. The van der Waals surface area contributed by atoms with Crippen molar-refractivity contribution in [3.8, 4) is 5.75 Å². The molecular formula is C21H26O5. The molecule has 0 spiro atoms. The van der Waals surface area contributed by atoms with Gasteiger partial charge in [-0.05, 0) is 56.6 Å². The first kappa shape index (κ1) is 18.5. The number of fused-ring (bicyclic) bond motifs is 1. The normalized spacial score (nSPS) is 22.4. The molecule has 2 atom stereocenters. The Labute approximate surface area is 153 Å². The molecule has 0 aromatic heterocycles. The summed E-state index contributed by atoms with van der Waals surface area (Å²) in [6.45, 7) is 6.20. The zero-order valence-electron chi connectivity index (χ0n) is 15.6. The summed E-state index contributed by atoms with van der Waals surface area (Å²) in [5.41, 5.74) is 4.95. The number of phenols is 1. The maximum atomic E-state index is 12.0. The minimum absolute atomic E-state index is 0.0233. The standard InChI is InChI=1S/C21H26O5/c1-4-13-12(3)17-10-26-21(25)18(17)19(22)15(13)9-8-11(2)14-6-5-7-16(14)20(23)24/h8,14,16,22H,4-7,9-10H2,1-3H3,(H,23,24)/b11-8-. The molecule has 0 amide bonds. The van der Waals surface area contributed by atoms with E-state index in [2.05, 4.69) is 0 Å². The molecule has 26 heavy (non-hydrogen) atoms. The number of benzene rings is 1. The summed E-state index contributed by atoms with van der Waals surface area (Å²) < 4.78 is 5.11. The number of allylic oxidation sites excluding steroid dienone is 2. The SMILES string of the molecule is CCc1c(C)c2c(c(O)c1C/C=C(/C)C1CCCC1C(=O)O)C(=O)OC2. The number of aromatic hydroxyl groups is 1. The lowest BCUT2D eigenvalue weighted by molar-refractivity contribution is -0.142. The van der Waals surface area contributed by atoms with Gasteiger partial charge in [-0.25, -0.2) is 4.79 Å². The molecule has 0 radical (unpaired) electrons. The molecule has 2 unspecified atom stereocenters. The number of aliphatic carboxylic acids is 1. The summed E-state index contributed by atoms with van der Waals surface area (Å²) in [7, 11) is 0. The largest absolute Gasteiger partial charge is 0.507 e. The van der Waals surface area contributed by atoms with Crippen molar-refractivity contribution >= 4 is 11.9 Å². The van der Waals surface area contributed by atoms with Crippen LogP contribution in [0.25, 0.3) is 0 Å². The molecular weight excluding hydrogens is 332 g/mol. The second-order valence-corrected chi connectivity index (χ2v) is 7.35. The van der Waals surface area contributed by atoms with Crippen molar-refractivity contribution in [3.63, 3.8) is 0 Å². The van der Waals surface area contributed by atoms with Gasteiger partial charge in [-0.2, -0.15) is 0 Å². The van der Waals surface area contributed by atoms with Crippen molar-refractivity contribution in [2.75, 3.05) is 0 Å². The minimum Gasteiger partial charge on any atom is -0.507 e. The van der Waals surface area contributed by atoms with Crippen molar-refractivity contribution in [1.82, 2.24) is 0 Å². The first-order valence-electron chi connectivity index (χ1n) is 9.29. The molecule has 5 heteroatoms. The Kier molecular flexibility index (Phi) is 5.08. The third-order valence-electron chi connectivity index (χ3n) is 6.05. The number of phenolic OH excluding ortho intramolecular Hbond substituents is 1. The lowest BCUT2D eigenvalue weighted by Gasteiger charge is -2.18. The van der Waals surface area contributed by atoms with Crippen LogP contribution < -0.4 is 0 Å². The van der Waals surface area contributed by atoms with E-state index in [0.717, 1.165) is 53.5 Å². The number of rotatable bonds is 5. The number of carboxylic acid groups (broad SMARTS) is 1. The van der Waals surface area contributed by atoms with E-state index >= 15 is 0 Å². The van der Waals surface area contributed by atoms with E-state index in [1.807, 2.05) is 26.8 Å². The Hall–Kier alpha value is -2.30. The summed E-state index contributed by atoms with van der Waals surface area (Å²) in [6, 6.07) is 0. The van der Waals surface area contributed by atoms with E-state index in [-0.39, 0.29) is 24.2 Å². The molecule has 1 heterocycles. The highest BCUT2D eigenvalue weighted by Gasteiger charge is 2.34. The third-order valence-corrected chi connectivity index (χ3v) is 6.05. The number of esters is 1. The molecule has 1 fully saturated rings. The van der Waals surface area contributed by atoms with E-state index in [9.17, 15) is 19.8 Å². The molecule has 3 rings (SSSR count). The van der Waals surface area contributed by atoms with Crippen LogP contribution in [0, 0.1) is 18.8 Å². The second kappa shape index (κ2) is 7.14. The summed E-state index contributed by atoms with van der Waals surface area (Å²) in [4.78, 5) is 23.4. The van der Waals surface area contributed by atoms with Gasteiger partial charge in [0, 0.05) is 11.1 Å². The molecule has 5 nitrogen and oxygen atoms in total. The van der Waals surface area contributed by atoms with Crippen LogP contribution in [0.2, 0.25) is 0 Å². The van der Waals surface area contributed by atoms with Crippen LogP contribution in [0.5, 0.6) is 5.75 Å². The van der Waals surface area contributed by atoms with E-state index < -0.39 is 11.9 Å². The highest BCUT2D eigenvalue weighted by atomic mass is 16.5. The molecule has 1 aliphatic carbocycles. The molecule has 2 N–H and O–H groups in total. The van der Waals surface area contributed by atoms with Crippen LogP contribution >= 0.6 is 0 Å². The number of ether oxygens (including phenoxy) is 1. The van der Waals surface area contributed by atoms with Gasteiger partial charge in [0.05, 0.1) is 5.92 Å². The highest BCUT2D eigenvalue weighted by Crippen LogP contribution is 2.40. The lowest BCUT2D eigenvalue weighted by atomic mass is 9.86. The smallest absolute Gasteiger partial charge is 0.342 e. The predicted molar refractivity (Wildman–Crippen MR) is 97.3 cm³/mol. The van der Waals surface area contributed by atoms with Crippen LogP contribution in [0.15, 0.2) is 11.6 Å². The topological polar surface area (TPSA) is 83.8 Å². The average Bonchev–Trinajstić information content (AvgIpc) is 3.23. The molecule has 1 aliphatic heterocycles. The van der Waals surface area contributed by atoms with Gasteiger partial charge in [0.15, 0.2) is 0 Å². The summed E-state index contributed by atoms with van der Waals surface area (Å²) in [5.74, 6) is -1.43. The van der Waals surface area contributed by atoms with Crippen molar-refractivity contribution in [2.45, 2.75) is 59.5 Å². The van der Waals surface area contributed by atoms with Gasteiger partial charge in [-0.3, -0.25) is 4.79 Å². The Bertz CT molecular complexity index is 790. The molecule has 0 saturated heterocycles. The van der Waals surface area contributed by atoms with Crippen molar-refractivity contribution < 1.29 is 24.5 Å². The first-order valence-corrected chi connectivity index (χ1v) is 9.29. The summed E-state index contributed by atoms with van der Waals surface area (Å²) >= 11 is 0. The van der Waals surface area contributed by atoms with Crippen LogP contribution in [0.4, 0.5) is 0 Å². The van der Waals surface area contributed by atoms with Crippen LogP contribution in [0.1, 0.15) is 65.7 Å².